The average Bonchev–Trinajstić information content (AvgIpc) is 3.13. The molecule has 2 N–H and O–H groups in total. The molecule has 7 nitrogen and oxygen atoms in total. The number of halogens is 1. The van der Waals surface area contributed by atoms with E-state index in [2.05, 4.69) is 20.7 Å². The Bertz CT molecular complexity index is 925. The normalized spacial score (nSPS) is 10.5. The van der Waals surface area contributed by atoms with E-state index >= 15 is 0 Å². The lowest BCUT2D eigenvalue weighted by molar-refractivity contribution is -0.116. The van der Waals surface area contributed by atoms with E-state index in [1.54, 1.807) is 29.3 Å². The van der Waals surface area contributed by atoms with Crippen LogP contribution in [0.3, 0.4) is 0 Å². The Kier molecular flexibility index (Phi) is 6.46. The third-order valence-electron chi connectivity index (χ3n) is 3.97. The van der Waals surface area contributed by atoms with Gasteiger partial charge in [0.15, 0.2) is 5.82 Å². The van der Waals surface area contributed by atoms with E-state index in [1.165, 1.54) is 24.3 Å². The smallest absolute Gasteiger partial charge is 0.251 e. The highest BCUT2D eigenvalue weighted by Gasteiger charge is 2.08. The second kappa shape index (κ2) is 9.40. The molecule has 144 valence electrons. The molecule has 0 fully saturated rings. The Balaban J connectivity index is 1.37. The van der Waals surface area contributed by atoms with Gasteiger partial charge in [0.2, 0.25) is 5.91 Å². The summed E-state index contributed by atoms with van der Waals surface area (Å²) in [6.07, 6.45) is 5.96. The molecule has 3 aromatic rings. The standard InChI is InChI=1S/C20H20FN5O2/c21-17-5-3-16(4-6-17)20(28)23-10-1-2-19(27)24-18-9-13-26(25-18)14-15-7-11-22-12-8-15/h3-9,11-13H,1-2,10,14H2,(H,23,28)(H,24,25,27). The second-order valence-corrected chi connectivity index (χ2v) is 6.17. The summed E-state index contributed by atoms with van der Waals surface area (Å²) in [4.78, 5) is 27.9. The number of carbonyl (C=O) groups excluding carboxylic acids is 2. The number of amides is 2. The molecule has 0 unspecified atom stereocenters. The number of aromatic nitrogens is 3. The minimum atomic E-state index is -0.392. The number of rotatable bonds is 8. The largest absolute Gasteiger partial charge is 0.352 e. The molecule has 3 rings (SSSR count). The molecule has 0 bridgehead atoms. The Morgan fingerprint density at radius 3 is 2.54 bits per heavy atom. The van der Waals surface area contributed by atoms with Gasteiger partial charge in [0.05, 0.1) is 6.54 Å². The van der Waals surface area contributed by atoms with E-state index in [9.17, 15) is 14.0 Å². The fourth-order valence-electron chi connectivity index (χ4n) is 2.55. The van der Waals surface area contributed by atoms with E-state index in [0.29, 0.717) is 30.9 Å². The molecule has 0 spiro atoms. The molecule has 8 heteroatoms. The van der Waals surface area contributed by atoms with Gasteiger partial charge in [-0.25, -0.2) is 4.39 Å². The summed E-state index contributed by atoms with van der Waals surface area (Å²) in [5.41, 5.74) is 1.44. The zero-order valence-electron chi connectivity index (χ0n) is 15.1. The highest BCUT2D eigenvalue weighted by Crippen LogP contribution is 2.07. The van der Waals surface area contributed by atoms with Crippen LogP contribution in [0.15, 0.2) is 61.1 Å². The Morgan fingerprint density at radius 2 is 1.79 bits per heavy atom. The lowest BCUT2D eigenvalue weighted by Crippen LogP contribution is -2.25. The SMILES string of the molecule is O=C(CCCNC(=O)c1ccc(F)cc1)Nc1ccn(Cc2ccncc2)n1. The van der Waals surface area contributed by atoms with Crippen LogP contribution >= 0.6 is 0 Å². The van der Waals surface area contributed by atoms with E-state index in [0.717, 1.165) is 5.56 Å². The van der Waals surface area contributed by atoms with Gasteiger partial charge in [-0.05, 0) is 48.4 Å². The van der Waals surface area contributed by atoms with Gasteiger partial charge in [0, 0.05) is 43.2 Å². The summed E-state index contributed by atoms with van der Waals surface area (Å²) in [7, 11) is 0. The van der Waals surface area contributed by atoms with Crippen LogP contribution in [0, 0.1) is 5.82 Å². The molecule has 0 aliphatic heterocycles. The van der Waals surface area contributed by atoms with Crippen molar-refractivity contribution in [3.63, 3.8) is 0 Å². The van der Waals surface area contributed by atoms with Gasteiger partial charge in [0.1, 0.15) is 5.82 Å². The van der Waals surface area contributed by atoms with Crippen molar-refractivity contribution >= 4 is 17.6 Å². The van der Waals surface area contributed by atoms with Gasteiger partial charge in [-0.1, -0.05) is 0 Å². The molecule has 1 aromatic carbocycles. The van der Waals surface area contributed by atoms with Crippen molar-refractivity contribution in [1.29, 1.82) is 0 Å². The predicted octanol–water partition coefficient (Wildman–Crippen LogP) is 2.61. The van der Waals surface area contributed by atoms with Crippen molar-refractivity contribution in [2.75, 3.05) is 11.9 Å². The molecular formula is C20H20FN5O2. The number of hydrogen-bond acceptors (Lipinski definition) is 4. The monoisotopic (exact) mass is 381 g/mol. The van der Waals surface area contributed by atoms with Gasteiger partial charge in [-0.3, -0.25) is 19.3 Å². The summed E-state index contributed by atoms with van der Waals surface area (Å²) in [5, 5.41) is 9.75. The van der Waals surface area contributed by atoms with Gasteiger partial charge in [0.25, 0.3) is 5.91 Å². The van der Waals surface area contributed by atoms with E-state index in [1.807, 2.05) is 12.1 Å². The maximum absolute atomic E-state index is 12.8. The van der Waals surface area contributed by atoms with Crippen molar-refractivity contribution in [2.45, 2.75) is 19.4 Å². The van der Waals surface area contributed by atoms with Crippen LogP contribution in [0.25, 0.3) is 0 Å². The fourth-order valence-corrected chi connectivity index (χ4v) is 2.55. The average molecular weight is 381 g/mol. The van der Waals surface area contributed by atoms with Crippen LogP contribution < -0.4 is 10.6 Å². The van der Waals surface area contributed by atoms with Crippen LogP contribution in [0.1, 0.15) is 28.8 Å². The number of nitrogens with one attached hydrogen (secondary N) is 2. The first-order chi connectivity index (χ1) is 13.6. The van der Waals surface area contributed by atoms with Crippen LogP contribution in [0.4, 0.5) is 10.2 Å². The molecule has 0 atom stereocenters. The van der Waals surface area contributed by atoms with Gasteiger partial charge in [-0.15, -0.1) is 0 Å². The summed E-state index contributed by atoms with van der Waals surface area (Å²) < 4.78 is 14.6. The van der Waals surface area contributed by atoms with Gasteiger partial charge < -0.3 is 10.6 Å². The summed E-state index contributed by atoms with van der Waals surface area (Å²) in [6.45, 7) is 0.938. The van der Waals surface area contributed by atoms with Crippen LogP contribution in [0.2, 0.25) is 0 Å². The van der Waals surface area contributed by atoms with Crippen LogP contribution in [-0.2, 0) is 11.3 Å². The van der Waals surface area contributed by atoms with Crippen molar-refractivity contribution in [3.8, 4) is 0 Å². The maximum atomic E-state index is 12.8. The first-order valence-electron chi connectivity index (χ1n) is 8.86. The third-order valence-corrected chi connectivity index (χ3v) is 3.97. The molecular weight excluding hydrogens is 361 g/mol. The molecule has 0 radical (unpaired) electrons. The number of nitrogens with zero attached hydrogens (tertiary/aromatic N) is 3. The molecule has 2 aromatic heterocycles. The van der Waals surface area contributed by atoms with Crippen LogP contribution in [-0.4, -0.2) is 33.1 Å². The highest BCUT2D eigenvalue weighted by atomic mass is 19.1. The number of hydrogen-bond donors (Lipinski definition) is 2. The van der Waals surface area contributed by atoms with E-state index < -0.39 is 5.82 Å². The lowest BCUT2D eigenvalue weighted by atomic mass is 10.2. The number of benzene rings is 1. The topological polar surface area (TPSA) is 88.9 Å². The zero-order valence-corrected chi connectivity index (χ0v) is 15.1. The summed E-state index contributed by atoms with van der Waals surface area (Å²) in [5.74, 6) is -0.383. The number of carbonyl (C=O) groups is 2. The highest BCUT2D eigenvalue weighted by molar-refractivity contribution is 5.94. The minimum Gasteiger partial charge on any atom is -0.352 e. The van der Waals surface area contributed by atoms with Crippen molar-refractivity contribution in [3.05, 3.63) is 78.0 Å². The molecule has 0 saturated heterocycles. The first-order valence-corrected chi connectivity index (χ1v) is 8.86. The van der Waals surface area contributed by atoms with Crippen molar-refractivity contribution in [1.82, 2.24) is 20.1 Å². The van der Waals surface area contributed by atoms with Crippen molar-refractivity contribution in [2.24, 2.45) is 0 Å². The third kappa shape index (κ3) is 5.73. The first kappa shape index (κ1) is 19.2. The number of pyridine rings is 1. The molecule has 2 heterocycles. The van der Waals surface area contributed by atoms with E-state index in [-0.39, 0.29) is 18.2 Å². The van der Waals surface area contributed by atoms with Gasteiger partial charge >= 0.3 is 0 Å². The molecule has 0 aliphatic rings. The summed E-state index contributed by atoms with van der Waals surface area (Å²) in [6, 6.07) is 10.8. The maximum Gasteiger partial charge on any atom is 0.251 e. The molecule has 28 heavy (non-hydrogen) atoms. The molecule has 0 saturated carbocycles. The van der Waals surface area contributed by atoms with Crippen LogP contribution in [0.5, 0.6) is 0 Å². The Labute approximate surface area is 161 Å². The molecule has 2 amide bonds. The van der Waals surface area contributed by atoms with E-state index in [4.69, 9.17) is 0 Å². The fraction of sp³-hybridized carbons (Fsp3) is 0.200. The Morgan fingerprint density at radius 1 is 1.04 bits per heavy atom. The second-order valence-electron chi connectivity index (χ2n) is 6.17. The minimum absolute atomic E-state index is 0.176. The zero-order chi connectivity index (χ0) is 19.8. The summed E-state index contributed by atoms with van der Waals surface area (Å²) >= 11 is 0. The predicted molar refractivity (Wildman–Crippen MR) is 102 cm³/mol. The lowest BCUT2D eigenvalue weighted by Gasteiger charge is -2.05. The Hall–Kier alpha value is -3.55. The van der Waals surface area contributed by atoms with Gasteiger partial charge in [-0.2, -0.15) is 5.10 Å². The number of anilines is 1. The quantitative estimate of drug-likeness (QED) is 0.587. The molecule has 0 aliphatic carbocycles. The van der Waals surface area contributed by atoms with Crippen molar-refractivity contribution < 1.29 is 14.0 Å².